The number of ether oxygens (including phenoxy) is 2. The zero-order valence-electron chi connectivity index (χ0n) is 9.60. The average Bonchev–Trinajstić information content (AvgIpc) is 2.68. The standard InChI is InChI=1S/C10H17N3O3/c1-13-7-9(6-12-13)16-8-10(14)11-4-3-5-15-2/h6-7H,3-5,8H2,1-2H3,(H,11,14). The minimum absolute atomic E-state index is 0.0126. The summed E-state index contributed by atoms with van der Waals surface area (Å²) in [5.41, 5.74) is 0. The van der Waals surface area contributed by atoms with Crippen LogP contribution < -0.4 is 10.1 Å². The SMILES string of the molecule is COCCCNC(=O)COc1cnn(C)c1. The van der Waals surface area contributed by atoms with E-state index in [1.165, 1.54) is 0 Å². The van der Waals surface area contributed by atoms with Crippen LogP contribution >= 0.6 is 0 Å². The largest absolute Gasteiger partial charge is 0.480 e. The number of rotatable bonds is 7. The summed E-state index contributed by atoms with van der Waals surface area (Å²) in [7, 11) is 3.42. The van der Waals surface area contributed by atoms with Gasteiger partial charge in [-0.05, 0) is 6.42 Å². The number of amides is 1. The van der Waals surface area contributed by atoms with Crippen LogP contribution in [0.3, 0.4) is 0 Å². The molecule has 0 atom stereocenters. The molecule has 0 unspecified atom stereocenters. The number of aryl methyl sites for hydroxylation is 1. The molecule has 0 saturated carbocycles. The monoisotopic (exact) mass is 227 g/mol. The topological polar surface area (TPSA) is 65.4 Å². The van der Waals surface area contributed by atoms with Gasteiger partial charge < -0.3 is 14.8 Å². The van der Waals surface area contributed by atoms with Crippen molar-refractivity contribution in [2.75, 3.05) is 26.9 Å². The third-order valence-corrected chi connectivity index (χ3v) is 1.90. The van der Waals surface area contributed by atoms with E-state index in [2.05, 4.69) is 10.4 Å². The lowest BCUT2D eigenvalue weighted by Gasteiger charge is -2.05. The fraction of sp³-hybridized carbons (Fsp3) is 0.600. The van der Waals surface area contributed by atoms with Gasteiger partial charge in [0.15, 0.2) is 12.4 Å². The number of carbonyl (C=O) groups excluding carboxylic acids is 1. The van der Waals surface area contributed by atoms with Crippen molar-refractivity contribution in [3.8, 4) is 5.75 Å². The first-order chi connectivity index (χ1) is 7.72. The molecule has 6 heteroatoms. The predicted molar refractivity (Wildman–Crippen MR) is 58.2 cm³/mol. The Morgan fingerprint density at radius 1 is 1.62 bits per heavy atom. The Hall–Kier alpha value is -1.56. The van der Waals surface area contributed by atoms with Gasteiger partial charge in [-0.2, -0.15) is 5.10 Å². The van der Waals surface area contributed by atoms with Crippen molar-refractivity contribution in [3.05, 3.63) is 12.4 Å². The molecule has 1 heterocycles. The highest BCUT2D eigenvalue weighted by molar-refractivity contribution is 5.77. The molecule has 1 amide bonds. The molecular formula is C10H17N3O3. The quantitative estimate of drug-likeness (QED) is 0.663. The molecule has 0 saturated heterocycles. The van der Waals surface area contributed by atoms with E-state index >= 15 is 0 Å². The first kappa shape index (κ1) is 12.5. The van der Waals surface area contributed by atoms with E-state index in [-0.39, 0.29) is 12.5 Å². The van der Waals surface area contributed by atoms with Crippen molar-refractivity contribution in [1.82, 2.24) is 15.1 Å². The highest BCUT2D eigenvalue weighted by Crippen LogP contribution is 2.05. The molecule has 16 heavy (non-hydrogen) atoms. The van der Waals surface area contributed by atoms with Crippen molar-refractivity contribution < 1.29 is 14.3 Å². The third kappa shape index (κ3) is 4.79. The first-order valence-corrected chi connectivity index (χ1v) is 5.09. The Balaban J connectivity index is 2.10. The average molecular weight is 227 g/mol. The van der Waals surface area contributed by atoms with Gasteiger partial charge in [0, 0.05) is 27.3 Å². The van der Waals surface area contributed by atoms with Gasteiger partial charge in [-0.25, -0.2) is 0 Å². The normalized spacial score (nSPS) is 10.1. The van der Waals surface area contributed by atoms with Crippen molar-refractivity contribution in [1.29, 1.82) is 0 Å². The Morgan fingerprint density at radius 2 is 2.44 bits per heavy atom. The van der Waals surface area contributed by atoms with E-state index in [9.17, 15) is 4.79 Å². The lowest BCUT2D eigenvalue weighted by atomic mass is 10.4. The Morgan fingerprint density at radius 3 is 3.06 bits per heavy atom. The fourth-order valence-corrected chi connectivity index (χ4v) is 1.12. The van der Waals surface area contributed by atoms with Crippen LogP contribution in [0.4, 0.5) is 0 Å². The van der Waals surface area contributed by atoms with Crippen LogP contribution in [0.15, 0.2) is 12.4 Å². The second-order valence-electron chi connectivity index (χ2n) is 3.33. The summed E-state index contributed by atoms with van der Waals surface area (Å²) in [5, 5.41) is 6.65. The van der Waals surface area contributed by atoms with Crippen LogP contribution in [-0.4, -0.2) is 42.6 Å². The van der Waals surface area contributed by atoms with Gasteiger partial charge in [0.25, 0.3) is 5.91 Å². The smallest absolute Gasteiger partial charge is 0.257 e. The summed E-state index contributed by atoms with van der Waals surface area (Å²) in [6.07, 6.45) is 4.07. The molecule has 90 valence electrons. The van der Waals surface area contributed by atoms with E-state index in [1.807, 2.05) is 0 Å². The Kier molecular flexibility index (Phi) is 5.35. The maximum atomic E-state index is 11.3. The highest BCUT2D eigenvalue weighted by atomic mass is 16.5. The van der Waals surface area contributed by atoms with E-state index in [1.54, 1.807) is 31.2 Å². The summed E-state index contributed by atoms with van der Waals surface area (Å²) in [6.45, 7) is 1.26. The molecule has 0 bridgehead atoms. The van der Waals surface area contributed by atoms with E-state index in [0.29, 0.717) is 18.9 Å². The maximum absolute atomic E-state index is 11.3. The van der Waals surface area contributed by atoms with Crippen molar-refractivity contribution in [2.45, 2.75) is 6.42 Å². The van der Waals surface area contributed by atoms with Crippen LogP contribution in [0.2, 0.25) is 0 Å². The van der Waals surface area contributed by atoms with Crippen LogP contribution in [0.1, 0.15) is 6.42 Å². The van der Waals surface area contributed by atoms with Crippen LogP contribution in [0.25, 0.3) is 0 Å². The molecule has 0 aromatic carbocycles. The number of hydrogen-bond donors (Lipinski definition) is 1. The van der Waals surface area contributed by atoms with Gasteiger partial charge in [-0.15, -0.1) is 0 Å². The fourth-order valence-electron chi connectivity index (χ4n) is 1.12. The van der Waals surface area contributed by atoms with E-state index in [0.717, 1.165) is 6.42 Å². The molecule has 0 aliphatic rings. The van der Waals surface area contributed by atoms with Gasteiger partial charge in [0.2, 0.25) is 0 Å². The second-order valence-corrected chi connectivity index (χ2v) is 3.33. The van der Waals surface area contributed by atoms with Crippen molar-refractivity contribution in [3.63, 3.8) is 0 Å². The molecule has 1 aromatic rings. The summed E-state index contributed by atoms with van der Waals surface area (Å²) < 4.78 is 11.7. The van der Waals surface area contributed by atoms with Crippen LogP contribution in [0.5, 0.6) is 5.75 Å². The van der Waals surface area contributed by atoms with Gasteiger partial charge in [-0.3, -0.25) is 9.48 Å². The summed E-state index contributed by atoms with van der Waals surface area (Å²) >= 11 is 0. The lowest BCUT2D eigenvalue weighted by Crippen LogP contribution is -2.30. The van der Waals surface area contributed by atoms with Crippen LogP contribution in [0, 0.1) is 0 Å². The second kappa shape index (κ2) is 6.84. The number of hydrogen-bond acceptors (Lipinski definition) is 4. The number of nitrogens with one attached hydrogen (secondary N) is 1. The third-order valence-electron chi connectivity index (χ3n) is 1.90. The molecule has 1 rings (SSSR count). The molecule has 0 radical (unpaired) electrons. The summed E-state index contributed by atoms with van der Waals surface area (Å²) in [4.78, 5) is 11.3. The lowest BCUT2D eigenvalue weighted by molar-refractivity contribution is -0.123. The number of methoxy groups -OCH3 is 1. The zero-order valence-corrected chi connectivity index (χ0v) is 9.60. The highest BCUT2D eigenvalue weighted by Gasteiger charge is 2.02. The molecule has 0 aliphatic heterocycles. The maximum Gasteiger partial charge on any atom is 0.257 e. The Labute approximate surface area is 94.5 Å². The molecular weight excluding hydrogens is 210 g/mol. The number of aromatic nitrogens is 2. The first-order valence-electron chi connectivity index (χ1n) is 5.09. The van der Waals surface area contributed by atoms with Gasteiger partial charge >= 0.3 is 0 Å². The molecule has 1 aromatic heterocycles. The Bertz CT molecular complexity index is 325. The van der Waals surface area contributed by atoms with Crippen LogP contribution in [-0.2, 0) is 16.6 Å². The number of nitrogens with zero attached hydrogens (tertiary/aromatic N) is 2. The van der Waals surface area contributed by atoms with Gasteiger partial charge in [-0.1, -0.05) is 0 Å². The number of carbonyl (C=O) groups is 1. The summed E-state index contributed by atoms with van der Waals surface area (Å²) in [5.74, 6) is 0.453. The minimum atomic E-state index is -0.139. The predicted octanol–water partition coefficient (Wildman–Crippen LogP) is -0.0484. The van der Waals surface area contributed by atoms with E-state index in [4.69, 9.17) is 9.47 Å². The molecule has 0 aliphatic carbocycles. The van der Waals surface area contributed by atoms with Gasteiger partial charge in [0.05, 0.1) is 12.4 Å². The molecule has 6 nitrogen and oxygen atoms in total. The molecule has 0 fully saturated rings. The van der Waals surface area contributed by atoms with Crippen molar-refractivity contribution in [2.24, 2.45) is 7.05 Å². The zero-order chi connectivity index (χ0) is 11.8. The van der Waals surface area contributed by atoms with Crippen molar-refractivity contribution >= 4 is 5.91 Å². The minimum Gasteiger partial charge on any atom is -0.480 e. The summed E-state index contributed by atoms with van der Waals surface area (Å²) in [6, 6.07) is 0. The molecule has 0 spiro atoms. The van der Waals surface area contributed by atoms with E-state index < -0.39 is 0 Å². The van der Waals surface area contributed by atoms with Gasteiger partial charge in [0.1, 0.15) is 0 Å². The molecule has 1 N–H and O–H groups in total.